The Bertz CT molecular complexity index is 885. The molecule has 3 rings (SSSR count). The highest BCUT2D eigenvalue weighted by molar-refractivity contribution is 5.95. The predicted molar refractivity (Wildman–Crippen MR) is 98.3 cm³/mol. The molecule has 1 amide bonds. The van der Waals surface area contributed by atoms with Gasteiger partial charge in [-0.1, -0.05) is 6.07 Å². The molecule has 148 valence electrons. The number of benzene rings is 2. The van der Waals surface area contributed by atoms with E-state index in [1.54, 1.807) is 24.3 Å². The zero-order valence-electron chi connectivity index (χ0n) is 15.5. The fraction of sp³-hybridized carbons (Fsp3) is 0.300. The number of fused-ring (bicyclic) bond motifs is 1. The number of hydrogen-bond acceptors (Lipinski definition) is 6. The number of carbonyl (C=O) groups excluding carboxylic acids is 2. The zero-order valence-corrected chi connectivity index (χ0v) is 15.5. The van der Waals surface area contributed by atoms with Crippen molar-refractivity contribution in [3.05, 3.63) is 47.8 Å². The quantitative estimate of drug-likeness (QED) is 0.765. The Morgan fingerprint density at radius 2 is 1.89 bits per heavy atom. The van der Waals surface area contributed by atoms with Gasteiger partial charge in [-0.2, -0.15) is 0 Å². The Morgan fingerprint density at radius 3 is 2.61 bits per heavy atom. The fourth-order valence-electron chi connectivity index (χ4n) is 2.64. The molecule has 1 aliphatic heterocycles. The number of methoxy groups -OCH3 is 1. The molecule has 1 aliphatic rings. The van der Waals surface area contributed by atoms with Crippen LogP contribution in [0, 0.1) is 5.82 Å². The summed E-state index contributed by atoms with van der Waals surface area (Å²) in [6.07, 6.45) is -1.19. The van der Waals surface area contributed by atoms with Crippen molar-refractivity contribution in [3.8, 4) is 17.2 Å². The van der Waals surface area contributed by atoms with Crippen LogP contribution in [0.15, 0.2) is 36.4 Å². The predicted octanol–water partition coefficient (Wildman–Crippen LogP) is 2.72. The van der Waals surface area contributed by atoms with Gasteiger partial charge in [-0.3, -0.25) is 9.59 Å². The molecule has 0 fully saturated rings. The molecule has 1 atom stereocenters. The van der Waals surface area contributed by atoms with E-state index in [-0.39, 0.29) is 12.2 Å². The molecular weight excluding hydrogens is 369 g/mol. The van der Waals surface area contributed by atoms with Gasteiger partial charge in [0.05, 0.1) is 13.5 Å². The van der Waals surface area contributed by atoms with Crippen LogP contribution in [0.3, 0.4) is 0 Å². The minimum atomic E-state index is -1.02. The standard InChI is InChI=1S/C20H20FNO6/c1-12(28-19(23)10-13-3-5-16(25-2)15(21)9-13)20(24)22-14-4-6-17-18(11-14)27-8-7-26-17/h3-6,9,11-12H,7-8,10H2,1-2H3,(H,22,24)/t12-/m0/s1. The smallest absolute Gasteiger partial charge is 0.311 e. The lowest BCUT2D eigenvalue weighted by Crippen LogP contribution is -2.30. The van der Waals surface area contributed by atoms with Crippen LogP contribution in [0.1, 0.15) is 12.5 Å². The van der Waals surface area contributed by atoms with E-state index in [0.717, 1.165) is 0 Å². The normalized spacial score (nSPS) is 13.4. The van der Waals surface area contributed by atoms with E-state index in [1.165, 1.54) is 26.2 Å². The van der Waals surface area contributed by atoms with Crippen molar-refractivity contribution in [2.24, 2.45) is 0 Å². The summed E-state index contributed by atoms with van der Waals surface area (Å²) >= 11 is 0. The van der Waals surface area contributed by atoms with Gasteiger partial charge in [0, 0.05) is 11.8 Å². The van der Waals surface area contributed by atoms with E-state index in [9.17, 15) is 14.0 Å². The molecule has 0 saturated heterocycles. The van der Waals surface area contributed by atoms with E-state index >= 15 is 0 Å². The molecule has 28 heavy (non-hydrogen) atoms. The van der Waals surface area contributed by atoms with Gasteiger partial charge in [-0.15, -0.1) is 0 Å². The maximum Gasteiger partial charge on any atom is 0.311 e. The van der Waals surface area contributed by atoms with Gasteiger partial charge in [0.25, 0.3) is 5.91 Å². The second-order valence-electron chi connectivity index (χ2n) is 6.13. The van der Waals surface area contributed by atoms with E-state index < -0.39 is 23.8 Å². The van der Waals surface area contributed by atoms with Crippen molar-refractivity contribution in [1.82, 2.24) is 0 Å². The number of halogens is 1. The largest absolute Gasteiger partial charge is 0.494 e. The number of hydrogen-bond donors (Lipinski definition) is 1. The molecule has 2 aromatic carbocycles. The lowest BCUT2D eigenvalue weighted by atomic mass is 10.1. The van der Waals surface area contributed by atoms with E-state index in [2.05, 4.69) is 5.32 Å². The minimum Gasteiger partial charge on any atom is -0.494 e. The van der Waals surface area contributed by atoms with Crippen molar-refractivity contribution >= 4 is 17.6 Å². The van der Waals surface area contributed by atoms with Gasteiger partial charge in [0.1, 0.15) is 13.2 Å². The molecule has 7 nitrogen and oxygen atoms in total. The highest BCUT2D eigenvalue weighted by atomic mass is 19.1. The van der Waals surface area contributed by atoms with Crippen molar-refractivity contribution in [3.63, 3.8) is 0 Å². The van der Waals surface area contributed by atoms with Crippen molar-refractivity contribution in [1.29, 1.82) is 0 Å². The number of amides is 1. The summed E-state index contributed by atoms with van der Waals surface area (Å²) < 4.78 is 34.5. The second kappa shape index (κ2) is 8.60. The monoisotopic (exact) mass is 389 g/mol. The maximum absolute atomic E-state index is 13.7. The van der Waals surface area contributed by atoms with E-state index in [0.29, 0.717) is 36.0 Å². The third kappa shape index (κ3) is 4.70. The highest BCUT2D eigenvalue weighted by Gasteiger charge is 2.20. The van der Waals surface area contributed by atoms with Crippen LogP contribution in [-0.2, 0) is 20.7 Å². The Kier molecular flexibility index (Phi) is 5.98. The Balaban J connectivity index is 1.55. The number of carbonyl (C=O) groups is 2. The Hall–Kier alpha value is -3.29. The first-order valence-electron chi connectivity index (χ1n) is 8.68. The summed E-state index contributed by atoms with van der Waals surface area (Å²) in [7, 11) is 1.36. The molecule has 1 heterocycles. The first-order valence-corrected chi connectivity index (χ1v) is 8.68. The van der Waals surface area contributed by atoms with Gasteiger partial charge < -0.3 is 24.3 Å². The lowest BCUT2D eigenvalue weighted by molar-refractivity contribution is -0.152. The van der Waals surface area contributed by atoms with Gasteiger partial charge in [0.15, 0.2) is 29.2 Å². The molecule has 0 aromatic heterocycles. The van der Waals surface area contributed by atoms with Gasteiger partial charge in [0.2, 0.25) is 0 Å². The molecule has 0 saturated carbocycles. The minimum absolute atomic E-state index is 0.0873. The van der Waals surface area contributed by atoms with E-state index in [4.69, 9.17) is 18.9 Å². The van der Waals surface area contributed by atoms with Crippen LogP contribution >= 0.6 is 0 Å². The van der Waals surface area contributed by atoms with Crippen molar-refractivity contribution in [2.45, 2.75) is 19.4 Å². The molecular formula is C20H20FNO6. The number of rotatable bonds is 6. The fourth-order valence-corrected chi connectivity index (χ4v) is 2.64. The third-order valence-corrected chi connectivity index (χ3v) is 4.05. The summed E-state index contributed by atoms with van der Waals surface area (Å²) in [4.78, 5) is 24.3. The third-order valence-electron chi connectivity index (χ3n) is 4.05. The molecule has 0 radical (unpaired) electrons. The van der Waals surface area contributed by atoms with Crippen molar-refractivity contribution in [2.75, 3.05) is 25.6 Å². The zero-order chi connectivity index (χ0) is 20.1. The number of esters is 1. The Morgan fingerprint density at radius 1 is 1.14 bits per heavy atom. The number of anilines is 1. The van der Waals surface area contributed by atoms with Crippen LogP contribution < -0.4 is 19.5 Å². The topological polar surface area (TPSA) is 83.1 Å². The molecule has 0 unspecified atom stereocenters. The number of ether oxygens (including phenoxy) is 4. The van der Waals surface area contributed by atoms with E-state index in [1.807, 2.05) is 0 Å². The summed E-state index contributed by atoms with van der Waals surface area (Å²) in [6.45, 7) is 2.37. The average Bonchev–Trinajstić information content (AvgIpc) is 2.68. The molecule has 0 aliphatic carbocycles. The van der Waals surface area contributed by atoms with Crippen LogP contribution in [0.4, 0.5) is 10.1 Å². The van der Waals surface area contributed by atoms with Gasteiger partial charge >= 0.3 is 5.97 Å². The van der Waals surface area contributed by atoms with Crippen LogP contribution in [-0.4, -0.2) is 38.3 Å². The van der Waals surface area contributed by atoms with Crippen LogP contribution in [0.25, 0.3) is 0 Å². The number of nitrogens with one attached hydrogen (secondary N) is 1. The first-order chi connectivity index (χ1) is 13.5. The molecule has 8 heteroatoms. The lowest BCUT2D eigenvalue weighted by Gasteiger charge is -2.19. The molecule has 0 bridgehead atoms. The van der Waals surface area contributed by atoms with Gasteiger partial charge in [-0.05, 0) is 36.8 Å². The summed E-state index contributed by atoms with van der Waals surface area (Å²) in [5, 5.41) is 2.66. The Labute approximate surface area is 161 Å². The average molecular weight is 389 g/mol. The molecule has 1 N–H and O–H groups in total. The maximum atomic E-state index is 13.7. The summed E-state index contributed by atoms with van der Waals surface area (Å²) in [5.41, 5.74) is 0.914. The molecule has 2 aromatic rings. The molecule has 0 spiro atoms. The van der Waals surface area contributed by atoms with Crippen LogP contribution in [0.2, 0.25) is 0 Å². The van der Waals surface area contributed by atoms with Gasteiger partial charge in [-0.25, -0.2) is 4.39 Å². The second-order valence-corrected chi connectivity index (χ2v) is 6.13. The SMILES string of the molecule is COc1ccc(CC(=O)O[C@@H](C)C(=O)Nc2ccc3c(c2)OCCO3)cc1F. The summed E-state index contributed by atoms with van der Waals surface area (Å²) in [6, 6.07) is 9.18. The van der Waals surface area contributed by atoms with Crippen molar-refractivity contribution < 1.29 is 32.9 Å². The first kappa shape index (κ1) is 19.5. The summed E-state index contributed by atoms with van der Waals surface area (Å²) in [5.74, 6) is -0.479. The van der Waals surface area contributed by atoms with Crippen LogP contribution in [0.5, 0.6) is 17.2 Å². The highest BCUT2D eigenvalue weighted by Crippen LogP contribution is 2.32.